The first-order valence-electron chi connectivity index (χ1n) is 7.17. The number of benzene rings is 1. The molecule has 1 heterocycles. The number of hydrogen-bond acceptors (Lipinski definition) is 3. The smallest absolute Gasteiger partial charge is 0.317 e. The highest BCUT2D eigenvalue weighted by Gasteiger charge is 2.17. The number of urea groups is 1. The van der Waals surface area contributed by atoms with E-state index in [-0.39, 0.29) is 12.1 Å². The number of thiazole rings is 1. The number of halogens is 1. The Labute approximate surface area is 140 Å². The minimum absolute atomic E-state index is 0.0187. The van der Waals surface area contributed by atoms with E-state index in [1.165, 1.54) is 0 Å². The van der Waals surface area contributed by atoms with Gasteiger partial charge in [-0.05, 0) is 31.0 Å². The molecule has 0 bridgehead atoms. The molecule has 22 heavy (non-hydrogen) atoms. The number of aryl methyl sites for hydroxylation is 1. The number of rotatable bonds is 5. The summed E-state index contributed by atoms with van der Waals surface area (Å²) < 4.78 is 0. The minimum Gasteiger partial charge on any atom is -0.331 e. The zero-order chi connectivity index (χ0) is 16.1. The molecule has 0 spiro atoms. The van der Waals surface area contributed by atoms with Gasteiger partial charge in [0.05, 0.1) is 23.8 Å². The highest BCUT2D eigenvalue weighted by molar-refractivity contribution is 7.09. The maximum absolute atomic E-state index is 12.4. The summed E-state index contributed by atoms with van der Waals surface area (Å²) in [6, 6.07) is 7.48. The molecule has 0 aliphatic carbocycles. The molecule has 0 unspecified atom stereocenters. The van der Waals surface area contributed by atoms with Crippen molar-refractivity contribution < 1.29 is 4.79 Å². The van der Waals surface area contributed by atoms with Gasteiger partial charge in [0.1, 0.15) is 0 Å². The van der Waals surface area contributed by atoms with E-state index >= 15 is 0 Å². The van der Waals surface area contributed by atoms with Gasteiger partial charge in [0.15, 0.2) is 0 Å². The van der Waals surface area contributed by atoms with Gasteiger partial charge in [0, 0.05) is 16.9 Å². The number of nitrogens with one attached hydrogen (secondary N) is 1. The largest absolute Gasteiger partial charge is 0.331 e. The zero-order valence-electron chi connectivity index (χ0n) is 13.0. The third-order valence-corrected chi connectivity index (χ3v) is 4.72. The lowest BCUT2D eigenvalue weighted by Crippen LogP contribution is -2.38. The topological polar surface area (TPSA) is 45.2 Å². The molecule has 1 aromatic heterocycles. The van der Waals surface area contributed by atoms with Crippen LogP contribution < -0.4 is 5.32 Å². The molecular formula is C16H20ClN3OS. The fourth-order valence-corrected chi connectivity index (χ4v) is 3.10. The van der Waals surface area contributed by atoms with Crippen LogP contribution in [0.15, 0.2) is 29.8 Å². The number of carbonyl (C=O) groups is 1. The Balaban J connectivity index is 1.99. The maximum atomic E-state index is 12.4. The van der Waals surface area contributed by atoms with E-state index in [9.17, 15) is 4.79 Å². The maximum Gasteiger partial charge on any atom is 0.317 e. The van der Waals surface area contributed by atoms with Crippen LogP contribution in [0.2, 0.25) is 5.02 Å². The van der Waals surface area contributed by atoms with Crippen molar-refractivity contribution in [1.29, 1.82) is 0 Å². The monoisotopic (exact) mass is 337 g/mol. The Morgan fingerprint density at radius 1 is 1.41 bits per heavy atom. The number of nitrogens with zero attached hydrogens (tertiary/aromatic N) is 2. The quantitative estimate of drug-likeness (QED) is 0.879. The Kier molecular flexibility index (Phi) is 5.80. The average Bonchev–Trinajstić information content (AvgIpc) is 2.90. The Hall–Kier alpha value is -1.59. The molecular weight excluding hydrogens is 318 g/mol. The molecule has 2 aromatic rings. The fourth-order valence-electron chi connectivity index (χ4n) is 2.14. The molecule has 0 aliphatic heterocycles. The molecule has 0 fully saturated rings. The molecule has 1 aromatic carbocycles. The predicted octanol–water partition coefficient (Wildman–Crippen LogP) is 4.40. The SMILES string of the molecule is CC[C@H](NC(=O)N(C)Cc1scnc1C)c1ccc(Cl)cc1. The third kappa shape index (κ3) is 4.21. The highest BCUT2D eigenvalue weighted by atomic mass is 35.5. The minimum atomic E-state index is -0.0883. The second kappa shape index (κ2) is 7.61. The molecule has 2 rings (SSSR count). The number of aromatic nitrogens is 1. The summed E-state index contributed by atoms with van der Waals surface area (Å²) >= 11 is 7.48. The molecule has 1 atom stereocenters. The molecule has 4 nitrogen and oxygen atoms in total. The van der Waals surface area contributed by atoms with Crippen LogP contribution in [-0.4, -0.2) is 23.0 Å². The zero-order valence-corrected chi connectivity index (χ0v) is 14.5. The molecule has 6 heteroatoms. The summed E-state index contributed by atoms with van der Waals surface area (Å²) in [5, 5.41) is 3.76. The van der Waals surface area contributed by atoms with Crippen LogP contribution in [0.5, 0.6) is 0 Å². The van der Waals surface area contributed by atoms with Crippen molar-refractivity contribution in [2.24, 2.45) is 0 Å². The van der Waals surface area contributed by atoms with E-state index in [1.54, 1.807) is 28.8 Å². The van der Waals surface area contributed by atoms with Crippen LogP contribution in [0.3, 0.4) is 0 Å². The summed E-state index contributed by atoms with van der Waals surface area (Å²) in [7, 11) is 1.79. The molecule has 0 aliphatic rings. The molecule has 2 amide bonds. The summed E-state index contributed by atoms with van der Waals surface area (Å²) in [6.07, 6.45) is 0.820. The molecule has 0 radical (unpaired) electrons. The van der Waals surface area contributed by atoms with Crippen LogP contribution in [0, 0.1) is 6.92 Å². The molecule has 0 saturated heterocycles. The molecule has 118 valence electrons. The Morgan fingerprint density at radius 3 is 2.64 bits per heavy atom. The van der Waals surface area contributed by atoms with E-state index in [4.69, 9.17) is 11.6 Å². The predicted molar refractivity (Wildman–Crippen MR) is 91.3 cm³/mol. The van der Waals surface area contributed by atoms with Crippen LogP contribution in [-0.2, 0) is 6.54 Å². The van der Waals surface area contributed by atoms with Crippen molar-refractivity contribution in [3.63, 3.8) is 0 Å². The molecule has 1 N–H and O–H groups in total. The van der Waals surface area contributed by atoms with E-state index in [2.05, 4.69) is 10.3 Å². The second-order valence-corrected chi connectivity index (χ2v) is 6.55. The summed E-state index contributed by atoms with van der Waals surface area (Å²) in [5.74, 6) is 0. The van der Waals surface area contributed by atoms with Crippen molar-refractivity contribution in [2.75, 3.05) is 7.05 Å². The van der Waals surface area contributed by atoms with Crippen LogP contribution in [0.25, 0.3) is 0 Å². The van der Waals surface area contributed by atoms with Gasteiger partial charge < -0.3 is 10.2 Å². The van der Waals surface area contributed by atoms with Gasteiger partial charge >= 0.3 is 6.03 Å². The van der Waals surface area contributed by atoms with Gasteiger partial charge in [-0.25, -0.2) is 9.78 Å². The van der Waals surface area contributed by atoms with E-state index in [0.717, 1.165) is 22.6 Å². The van der Waals surface area contributed by atoms with Crippen molar-refractivity contribution in [3.8, 4) is 0 Å². The third-order valence-electron chi connectivity index (χ3n) is 3.55. The van der Waals surface area contributed by atoms with Gasteiger partial charge in [-0.3, -0.25) is 0 Å². The highest BCUT2D eigenvalue weighted by Crippen LogP contribution is 2.20. The second-order valence-electron chi connectivity index (χ2n) is 5.18. The fraction of sp³-hybridized carbons (Fsp3) is 0.375. The van der Waals surface area contributed by atoms with Crippen molar-refractivity contribution in [2.45, 2.75) is 32.9 Å². The lowest BCUT2D eigenvalue weighted by molar-refractivity contribution is 0.202. The number of carbonyl (C=O) groups excluding carboxylic acids is 1. The summed E-state index contributed by atoms with van der Waals surface area (Å²) in [5.41, 5.74) is 3.84. The van der Waals surface area contributed by atoms with Crippen molar-refractivity contribution >= 4 is 29.0 Å². The average molecular weight is 338 g/mol. The normalized spacial score (nSPS) is 12.0. The first-order chi connectivity index (χ1) is 10.5. The number of hydrogen-bond donors (Lipinski definition) is 1. The van der Waals surface area contributed by atoms with Crippen LogP contribution >= 0.6 is 22.9 Å². The Bertz CT molecular complexity index is 627. The van der Waals surface area contributed by atoms with Crippen molar-refractivity contribution in [1.82, 2.24) is 15.2 Å². The lowest BCUT2D eigenvalue weighted by Gasteiger charge is -2.23. The number of amides is 2. The standard InChI is InChI=1S/C16H20ClN3OS/c1-4-14(12-5-7-13(17)8-6-12)19-16(21)20(3)9-15-11(2)18-10-22-15/h5-8,10,14H,4,9H2,1-3H3,(H,19,21)/t14-/m0/s1. The van der Waals surface area contributed by atoms with E-state index in [1.807, 2.05) is 38.1 Å². The van der Waals surface area contributed by atoms with E-state index in [0.29, 0.717) is 11.6 Å². The van der Waals surface area contributed by atoms with E-state index < -0.39 is 0 Å². The molecule has 0 saturated carbocycles. The summed E-state index contributed by atoms with van der Waals surface area (Å²) in [4.78, 5) is 19.4. The summed E-state index contributed by atoms with van der Waals surface area (Å²) in [6.45, 7) is 4.58. The Morgan fingerprint density at radius 2 is 2.09 bits per heavy atom. The first kappa shape index (κ1) is 16.8. The van der Waals surface area contributed by atoms with Gasteiger partial charge in [-0.1, -0.05) is 30.7 Å². The lowest BCUT2D eigenvalue weighted by atomic mass is 10.1. The van der Waals surface area contributed by atoms with Gasteiger partial charge in [0.25, 0.3) is 0 Å². The van der Waals surface area contributed by atoms with Gasteiger partial charge in [-0.2, -0.15) is 0 Å². The van der Waals surface area contributed by atoms with Crippen LogP contribution in [0.1, 0.15) is 35.5 Å². The van der Waals surface area contributed by atoms with Crippen LogP contribution in [0.4, 0.5) is 4.79 Å². The first-order valence-corrected chi connectivity index (χ1v) is 8.43. The van der Waals surface area contributed by atoms with Gasteiger partial charge in [-0.15, -0.1) is 11.3 Å². The van der Waals surface area contributed by atoms with Gasteiger partial charge in [0.2, 0.25) is 0 Å². The van der Waals surface area contributed by atoms with Crippen molar-refractivity contribution in [3.05, 3.63) is 50.9 Å².